The van der Waals surface area contributed by atoms with E-state index in [1.54, 1.807) is 0 Å². The van der Waals surface area contributed by atoms with Gasteiger partial charge in [-0.05, 0) is 0 Å². The van der Waals surface area contributed by atoms with Crippen molar-refractivity contribution in [1.29, 1.82) is 0 Å². The average molecular weight is 382 g/mol. The third-order valence-electron chi connectivity index (χ3n) is 2.97. The van der Waals surface area contributed by atoms with Crippen molar-refractivity contribution in [1.82, 2.24) is 5.48 Å². The predicted octanol–water partition coefficient (Wildman–Crippen LogP) is -0.187. The van der Waals surface area contributed by atoms with Crippen LogP contribution in [0.25, 0.3) is 0 Å². The third kappa shape index (κ3) is 6.85. The van der Waals surface area contributed by atoms with Gasteiger partial charge in [0.2, 0.25) is 5.91 Å². The SMILES string of the molecule is CC(=O)NO[C@H]1C(Cl)O[C@H](COC(C)=O)[C@@H](OC(C)=O)[C@@H]1OC(C)=O. The first-order chi connectivity index (χ1) is 11.6. The zero-order valence-electron chi connectivity index (χ0n) is 14.1. The number of rotatable bonds is 6. The molecule has 142 valence electrons. The van der Waals surface area contributed by atoms with E-state index in [2.05, 4.69) is 5.48 Å². The summed E-state index contributed by atoms with van der Waals surface area (Å²) in [5.41, 5.74) is 0.876. The molecule has 5 atom stereocenters. The fourth-order valence-corrected chi connectivity index (χ4v) is 2.46. The lowest BCUT2D eigenvalue weighted by atomic mass is 9.99. The van der Waals surface area contributed by atoms with Crippen LogP contribution in [0.4, 0.5) is 0 Å². The highest BCUT2D eigenvalue weighted by atomic mass is 35.5. The Morgan fingerprint density at radius 1 is 0.920 bits per heavy atom. The molecule has 0 aromatic carbocycles. The van der Waals surface area contributed by atoms with Gasteiger partial charge < -0.3 is 18.9 Å². The molecule has 10 nitrogen and oxygen atoms in total. The van der Waals surface area contributed by atoms with Crippen molar-refractivity contribution in [3.8, 4) is 0 Å². The minimum absolute atomic E-state index is 0.291. The van der Waals surface area contributed by atoms with Gasteiger partial charge in [-0.2, -0.15) is 0 Å². The van der Waals surface area contributed by atoms with Gasteiger partial charge in [-0.25, -0.2) is 5.48 Å². The third-order valence-corrected chi connectivity index (χ3v) is 3.32. The van der Waals surface area contributed by atoms with Crippen LogP contribution < -0.4 is 5.48 Å². The molecule has 1 saturated heterocycles. The zero-order chi connectivity index (χ0) is 19.1. The van der Waals surface area contributed by atoms with Crippen LogP contribution in [0.15, 0.2) is 0 Å². The smallest absolute Gasteiger partial charge is 0.303 e. The fraction of sp³-hybridized carbons (Fsp3) is 0.714. The van der Waals surface area contributed by atoms with Crippen molar-refractivity contribution in [3.63, 3.8) is 0 Å². The van der Waals surface area contributed by atoms with Gasteiger partial charge in [0, 0.05) is 27.7 Å². The second-order valence-electron chi connectivity index (χ2n) is 5.22. The Labute approximate surface area is 148 Å². The summed E-state index contributed by atoms with van der Waals surface area (Å²) < 4.78 is 20.6. The van der Waals surface area contributed by atoms with E-state index in [1.165, 1.54) is 13.8 Å². The maximum Gasteiger partial charge on any atom is 0.303 e. The monoisotopic (exact) mass is 381 g/mol. The van der Waals surface area contributed by atoms with Gasteiger partial charge in [-0.3, -0.25) is 24.0 Å². The quantitative estimate of drug-likeness (QED) is 0.288. The molecular weight excluding hydrogens is 362 g/mol. The number of halogens is 1. The molecule has 1 unspecified atom stereocenters. The molecule has 0 aromatic heterocycles. The highest BCUT2D eigenvalue weighted by molar-refractivity contribution is 6.20. The number of carbonyl (C=O) groups excluding carboxylic acids is 4. The Kier molecular flexibility index (Phi) is 8.07. The summed E-state index contributed by atoms with van der Waals surface area (Å²) in [6.45, 7) is 4.38. The number of hydrogen-bond acceptors (Lipinski definition) is 9. The van der Waals surface area contributed by atoms with E-state index in [0.29, 0.717) is 0 Å². The number of nitrogens with one attached hydrogen (secondary N) is 1. The largest absolute Gasteiger partial charge is 0.463 e. The highest BCUT2D eigenvalue weighted by Crippen LogP contribution is 2.30. The van der Waals surface area contributed by atoms with Crippen LogP contribution in [0.5, 0.6) is 0 Å². The summed E-state index contributed by atoms with van der Waals surface area (Å²) in [5.74, 6) is -2.51. The van der Waals surface area contributed by atoms with Crippen molar-refractivity contribution < 1.29 is 43.0 Å². The lowest BCUT2D eigenvalue weighted by Gasteiger charge is -2.42. The van der Waals surface area contributed by atoms with Crippen molar-refractivity contribution >= 4 is 35.4 Å². The van der Waals surface area contributed by atoms with Crippen molar-refractivity contribution in [2.75, 3.05) is 6.61 Å². The highest BCUT2D eigenvalue weighted by Gasteiger charge is 2.51. The van der Waals surface area contributed by atoms with Crippen LogP contribution in [-0.2, 0) is 43.0 Å². The summed E-state index contributed by atoms with van der Waals surface area (Å²) >= 11 is 6.09. The second-order valence-corrected chi connectivity index (χ2v) is 5.65. The topological polar surface area (TPSA) is 126 Å². The van der Waals surface area contributed by atoms with Crippen LogP contribution in [0.2, 0.25) is 0 Å². The van der Waals surface area contributed by atoms with E-state index in [-0.39, 0.29) is 6.61 Å². The first kappa shape index (κ1) is 21.1. The normalized spacial score (nSPS) is 28.6. The molecule has 1 heterocycles. The molecule has 0 aliphatic carbocycles. The van der Waals surface area contributed by atoms with Gasteiger partial charge >= 0.3 is 17.9 Å². The predicted molar refractivity (Wildman–Crippen MR) is 80.9 cm³/mol. The Balaban J connectivity index is 3.07. The maximum absolute atomic E-state index is 11.4. The van der Waals surface area contributed by atoms with Crippen LogP contribution in [0, 0.1) is 0 Å². The molecule has 1 aliphatic heterocycles. The van der Waals surface area contributed by atoms with E-state index in [9.17, 15) is 19.2 Å². The Hall–Kier alpha value is -1.91. The van der Waals surface area contributed by atoms with E-state index in [0.717, 1.165) is 13.8 Å². The summed E-state index contributed by atoms with van der Waals surface area (Å²) in [6.07, 6.45) is -4.55. The number of alkyl halides is 1. The van der Waals surface area contributed by atoms with Crippen molar-refractivity contribution in [2.45, 2.75) is 57.7 Å². The summed E-state index contributed by atoms with van der Waals surface area (Å²) in [4.78, 5) is 50.0. The van der Waals surface area contributed by atoms with Crippen LogP contribution in [0.1, 0.15) is 27.7 Å². The van der Waals surface area contributed by atoms with Gasteiger partial charge in [-0.1, -0.05) is 11.6 Å². The summed E-state index contributed by atoms with van der Waals surface area (Å²) in [6, 6.07) is 0. The molecule has 0 bridgehead atoms. The van der Waals surface area contributed by atoms with Crippen LogP contribution in [-0.4, -0.2) is 60.4 Å². The van der Waals surface area contributed by atoms with Gasteiger partial charge in [0.05, 0.1) is 0 Å². The van der Waals surface area contributed by atoms with E-state index < -0.39 is 53.8 Å². The number of carbonyl (C=O) groups is 4. The summed E-state index contributed by atoms with van der Waals surface area (Å²) in [7, 11) is 0. The first-order valence-corrected chi connectivity index (χ1v) is 7.75. The lowest BCUT2D eigenvalue weighted by molar-refractivity contribution is -0.250. The first-order valence-electron chi connectivity index (χ1n) is 7.31. The van der Waals surface area contributed by atoms with E-state index in [1.807, 2.05) is 0 Å². The molecular formula is C14H20ClNO9. The van der Waals surface area contributed by atoms with Gasteiger partial charge in [-0.15, -0.1) is 0 Å². The maximum atomic E-state index is 11.4. The zero-order valence-corrected chi connectivity index (χ0v) is 14.9. The molecule has 0 spiro atoms. The minimum atomic E-state index is -1.20. The Morgan fingerprint density at radius 2 is 1.48 bits per heavy atom. The number of ether oxygens (including phenoxy) is 4. The van der Waals surface area contributed by atoms with Crippen LogP contribution in [0.3, 0.4) is 0 Å². The molecule has 1 N–H and O–H groups in total. The number of esters is 3. The van der Waals surface area contributed by atoms with Gasteiger partial charge in [0.25, 0.3) is 0 Å². The fourth-order valence-electron chi connectivity index (χ4n) is 2.14. The minimum Gasteiger partial charge on any atom is -0.463 e. The van der Waals surface area contributed by atoms with Crippen molar-refractivity contribution in [3.05, 3.63) is 0 Å². The molecule has 1 rings (SSSR count). The lowest BCUT2D eigenvalue weighted by Crippen LogP contribution is -2.61. The number of hydroxylamine groups is 1. The molecule has 25 heavy (non-hydrogen) atoms. The summed E-state index contributed by atoms with van der Waals surface area (Å²) in [5, 5.41) is 0. The number of hydrogen-bond donors (Lipinski definition) is 1. The standard InChI is InChI=1S/C14H20ClNO9/c1-6(17)16-25-13-12(23-9(4)20)11(22-8(3)19)10(24-14(13)15)5-21-7(2)18/h10-14H,5H2,1-4H3,(H,16,17)/t10-,11-,12+,13-,14?/m1/s1. The molecule has 0 aromatic rings. The van der Waals surface area contributed by atoms with E-state index in [4.69, 9.17) is 35.4 Å². The van der Waals surface area contributed by atoms with Gasteiger partial charge in [0.15, 0.2) is 23.9 Å². The molecule has 0 radical (unpaired) electrons. The molecule has 1 amide bonds. The molecule has 11 heteroatoms. The average Bonchev–Trinajstić information content (AvgIpc) is 2.46. The van der Waals surface area contributed by atoms with Crippen LogP contribution >= 0.6 is 11.6 Å². The molecule has 1 aliphatic rings. The van der Waals surface area contributed by atoms with Gasteiger partial charge in [0.1, 0.15) is 12.7 Å². The van der Waals surface area contributed by atoms with E-state index >= 15 is 0 Å². The Bertz CT molecular complexity index is 526. The molecule has 0 saturated carbocycles. The molecule has 1 fully saturated rings. The number of amides is 1. The Morgan fingerprint density at radius 3 is 1.96 bits per heavy atom. The van der Waals surface area contributed by atoms with Crippen molar-refractivity contribution in [2.24, 2.45) is 0 Å². The second kappa shape index (κ2) is 9.54.